The predicted molar refractivity (Wildman–Crippen MR) is 61.1 cm³/mol. The second-order valence-electron chi connectivity index (χ2n) is 3.25. The van der Waals surface area contributed by atoms with Crippen molar-refractivity contribution in [3.63, 3.8) is 0 Å². The lowest BCUT2D eigenvalue weighted by Crippen LogP contribution is -1.95. The Bertz CT molecular complexity index is 409. The molecule has 1 aromatic heterocycles. The smallest absolute Gasteiger partial charge is 0.227 e. The van der Waals surface area contributed by atoms with Crippen molar-refractivity contribution in [2.45, 2.75) is 13.3 Å². The topological polar surface area (TPSA) is 37.8 Å². The number of aromatic nitrogens is 2. The second kappa shape index (κ2) is 4.55. The van der Waals surface area contributed by atoms with Gasteiger partial charge in [0.15, 0.2) is 0 Å². The van der Waals surface area contributed by atoms with Crippen LogP contribution >= 0.6 is 0 Å². The largest absolute Gasteiger partial charge is 0.324 e. The zero-order chi connectivity index (χ0) is 10.5. The lowest BCUT2D eigenvalue weighted by atomic mass is 10.1. The highest BCUT2D eigenvalue weighted by molar-refractivity contribution is 5.53. The van der Waals surface area contributed by atoms with Crippen LogP contribution in [-0.4, -0.2) is 9.97 Å². The molecular formula is C12H13N3. The molecule has 0 aliphatic rings. The van der Waals surface area contributed by atoms with E-state index in [1.54, 1.807) is 18.5 Å². The Morgan fingerprint density at radius 1 is 1.07 bits per heavy atom. The maximum atomic E-state index is 4.09. The van der Waals surface area contributed by atoms with Gasteiger partial charge in [-0.3, -0.25) is 0 Å². The van der Waals surface area contributed by atoms with E-state index in [0.717, 1.165) is 12.1 Å². The SMILES string of the molecule is CCc1ccc(Nc2ncccn2)cc1. The molecule has 2 aromatic rings. The first-order chi connectivity index (χ1) is 7.38. The molecule has 1 heterocycles. The fraction of sp³-hybridized carbons (Fsp3) is 0.167. The highest BCUT2D eigenvalue weighted by Gasteiger charge is 1.95. The van der Waals surface area contributed by atoms with Gasteiger partial charge in [0.2, 0.25) is 5.95 Å². The number of nitrogens with one attached hydrogen (secondary N) is 1. The van der Waals surface area contributed by atoms with Gasteiger partial charge in [-0.25, -0.2) is 9.97 Å². The van der Waals surface area contributed by atoms with Crippen LogP contribution in [0.1, 0.15) is 12.5 Å². The third-order valence-corrected chi connectivity index (χ3v) is 2.18. The van der Waals surface area contributed by atoms with E-state index in [1.165, 1.54) is 5.56 Å². The minimum Gasteiger partial charge on any atom is -0.324 e. The predicted octanol–water partition coefficient (Wildman–Crippen LogP) is 2.78. The monoisotopic (exact) mass is 199 g/mol. The van der Waals surface area contributed by atoms with Gasteiger partial charge in [-0.2, -0.15) is 0 Å². The Labute approximate surface area is 89.2 Å². The van der Waals surface area contributed by atoms with Gasteiger partial charge in [0.25, 0.3) is 0 Å². The molecule has 0 unspecified atom stereocenters. The average molecular weight is 199 g/mol. The Kier molecular flexibility index (Phi) is 2.93. The van der Waals surface area contributed by atoms with Gasteiger partial charge in [0, 0.05) is 18.1 Å². The molecule has 0 aliphatic carbocycles. The Balaban J connectivity index is 2.11. The lowest BCUT2D eigenvalue weighted by molar-refractivity contribution is 1.14. The van der Waals surface area contributed by atoms with E-state index in [0.29, 0.717) is 5.95 Å². The van der Waals surface area contributed by atoms with E-state index in [-0.39, 0.29) is 0 Å². The Morgan fingerprint density at radius 3 is 2.33 bits per heavy atom. The molecule has 0 radical (unpaired) electrons. The van der Waals surface area contributed by atoms with E-state index in [4.69, 9.17) is 0 Å². The summed E-state index contributed by atoms with van der Waals surface area (Å²) in [7, 11) is 0. The Hall–Kier alpha value is -1.90. The molecule has 3 heteroatoms. The first-order valence-electron chi connectivity index (χ1n) is 5.01. The quantitative estimate of drug-likeness (QED) is 0.826. The zero-order valence-electron chi connectivity index (χ0n) is 8.64. The van der Waals surface area contributed by atoms with Crippen LogP contribution in [0.3, 0.4) is 0 Å². The third-order valence-electron chi connectivity index (χ3n) is 2.18. The summed E-state index contributed by atoms with van der Waals surface area (Å²) >= 11 is 0. The summed E-state index contributed by atoms with van der Waals surface area (Å²) in [5.41, 5.74) is 2.34. The molecule has 76 valence electrons. The number of nitrogens with zero attached hydrogens (tertiary/aromatic N) is 2. The van der Waals surface area contributed by atoms with Crippen LogP contribution in [0.5, 0.6) is 0 Å². The first kappa shape index (κ1) is 9.65. The minimum atomic E-state index is 0.627. The standard InChI is InChI=1S/C12H13N3/c1-2-10-4-6-11(7-5-10)15-12-13-8-3-9-14-12/h3-9H,2H2,1H3,(H,13,14,15). The van der Waals surface area contributed by atoms with Crippen molar-refractivity contribution in [3.8, 4) is 0 Å². The van der Waals surface area contributed by atoms with Crippen LogP contribution in [0.4, 0.5) is 11.6 Å². The molecule has 2 rings (SSSR count). The molecule has 15 heavy (non-hydrogen) atoms. The van der Waals surface area contributed by atoms with Crippen LogP contribution in [0.2, 0.25) is 0 Å². The van der Waals surface area contributed by atoms with Crippen LogP contribution in [0.15, 0.2) is 42.7 Å². The number of hydrogen-bond donors (Lipinski definition) is 1. The van der Waals surface area contributed by atoms with Crippen LogP contribution < -0.4 is 5.32 Å². The molecule has 0 saturated heterocycles. The van der Waals surface area contributed by atoms with Crippen LogP contribution in [0.25, 0.3) is 0 Å². The molecule has 1 N–H and O–H groups in total. The molecule has 0 bridgehead atoms. The van der Waals surface area contributed by atoms with Crippen LogP contribution in [-0.2, 0) is 6.42 Å². The molecule has 1 aromatic carbocycles. The van der Waals surface area contributed by atoms with Crippen molar-refractivity contribution in [1.82, 2.24) is 9.97 Å². The highest BCUT2D eigenvalue weighted by atomic mass is 15.1. The molecule has 0 aliphatic heterocycles. The fourth-order valence-electron chi connectivity index (χ4n) is 1.32. The van der Waals surface area contributed by atoms with Gasteiger partial charge in [0.1, 0.15) is 0 Å². The van der Waals surface area contributed by atoms with Gasteiger partial charge in [-0.1, -0.05) is 19.1 Å². The number of anilines is 2. The summed E-state index contributed by atoms with van der Waals surface area (Å²) < 4.78 is 0. The van der Waals surface area contributed by atoms with Crippen molar-refractivity contribution < 1.29 is 0 Å². The molecule has 0 fully saturated rings. The maximum Gasteiger partial charge on any atom is 0.227 e. The lowest BCUT2D eigenvalue weighted by Gasteiger charge is -2.04. The summed E-state index contributed by atoms with van der Waals surface area (Å²) in [5, 5.41) is 3.13. The van der Waals surface area contributed by atoms with Crippen molar-refractivity contribution >= 4 is 11.6 Å². The molecule has 0 amide bonds. The summed E-state index contributed by atoms with van der Waals surface area (Å²) in [6.45, 7) is 2.14. The van der Waals surface area contributed by atoms with Gasteiger partial charge >= 0.3 is 0 Å². The summed E-state index contributed by atoms with van der Waals surface area (Å²) in [5.74, 6) is 0.627. The number of aryl methyl sites for hydroxylation is 1. The van der Waals surface area contributed by atoms with Crippen molar-refractivity contribution in [1.29, 1.82) is 0 Å². The molecule has 0 saturated carbocycles. The number of benzene rings is 1. The van der Waals surface area contributed by atoms with E-state index in [9.17, 15) is 0 Å². The minimum absolute atomic E-state index is 0.627. The maximum absolute atomic E-state index is 4.09. The molecular weight excluding hydrogens is 186 g/mol. The van der Waals surface area contributed by atoms with Gasteiger partial charge in [0.05, 0.1) is 0 Å². The van der Waals surface area contributed by atoms with E-state index >= 15 is 0 Å². The van der Waals surface area contributed by atoms with Gasteiger partial charge < -0.3 is 5.32 Å². The molecule has 0 atom stereocenters. The third kappa shape index (κ3) is 2.53. The summed E-state index contributed by atoms with van der Waals surface area (Å²) in [6, 6.07) is 10.1. The summed E-state index contributed by atoms with van der Waals surface area (Å²) in [4.78, 5) is 8.19. The van der Waals surface area contributed by atoms with Gasteiger partial charge in [-0.15, -0.1) is 0 Å². The summed E-state index contributed by atoms with van der Waals surface area (Å²) in [6.07, 6.45) is 4.49. The normalized spacial score (nSPS) is 9.93. The van der Waals surface area contributed by atoms with E-state index in [1.807, 2.05) is 12.1 Å². The van der Waals surface area contributed by atoms with Gasteiger partial charge in [-0.05, 0) is 30.2 Å². The number of rotatable bonds is 3. The van der Waals surface area contributed by atoms with E-state index < -0.39 is 0 Å². The fourth-order valence-corrected chi connectivity index (χ4v) is 1.32. The first-order valence-corrected chi connectivity index (χ1v) is 5.01. The second-order valence-corrected chi connectivity index (χ2v) is 3.25. The molecule has 3 nitrogen and oxygen atoms in total. The molecule has 0 spiro atoms. The van der Waals surface area contributed by atoms with Crippen molar-refractivity contribution in [2.24, 2.45) is 0 Å². The van der Waals surface area contributed by atoms with Crippen molar-refractivity contribution in [2.75, 3.05) is 5.32 Å². The highest BCUT2D eigenvalue weighted by Crippen LogP contribution is 2.13. The van der Waals surface area contributed by atoms with Crippen LogP contribution in [0, 0.1) is 0 Å². The Morgan fingerprint density at radius 2 is 1.73 bits per heavy atom. The van der Waals surface area contributed by atoms with E-state index in [2.05, 4.69) is 34.3 Å². The average Bonchev–Trinajstić information content (AvgIpc) is 2.31. The number of hydrogen-bond acceptors (Lipinski definition) is 3. The van der Waals surface area contributed by atoms with Crippen molar-refractivity contribution in [3.05, 3.63) is 48.3 Å². The zero-order valence-corrected chi connectivity index (χ0v) is 8.64.